The smallest absolute Gasteiger partial charge is 1.00 e. The molecule has 10 heavy (non-hydrogen) atoms. The normalized spacial score (nSPS) is 7.90. The standard InChI is InChI=1S/C2H3BO4S2.Li.H/c4-1(8)2(5)9-3(6)7;;/h6-7H,(H,4,8);;/q;+1;-1. The van der Waals surface area contributed by atoms with Crippen LogP contribution in [0.2, 0.25) is 0 Å². The van der Waals surface area contributed by atoms with Crippen molar-refractivity contribution in [2.75, 3.05) is 0 Å². The van der Waals surface area contributed by atoms with Gasteiger partial charge >= 0.3 is 25.3 Å². The third kappa shape index (κ3) is 6.74. The van der Waals surface area contributed by atoms with Crippen LogP contribution in [0, 0.1) is 0 Å². The first kappa shape index (κ1) is 13.2. The van der Waals surface area contributed by atoms with Crippen LogP contribution in [-0.2, 0) is 9.59 Å². The van der Waals surface area contributed by atoms with Gasteiger partial charge in [0.2, 0.25) is 0 Å². The van der Waals surface area contributed by atoms with Crippen molar-refractivity contribution in [1.29, 1.82) is 0 Å². The third-order valence-corrected chi connectivity index (χ3v) is 1.35. The molecule has 0 radical (unpaired) electrons. The van der Waals surface area contributed by atoms with Gasteiger partial charge in [-0.1, -0.05) is 24.2 Å². The molecule has 0 aromatic carbocycles. The number of carbonyl (C=O) groups is 2. The van der Waals surface area contributed by atoms with Crippen LogP contribution in [-0.4, -0.2) is 26.7 Å². The summed E-state index contributed by atoms with van der Waals surface area (Å²) in [6.45, 7) is 0. The van der Waals surface area contributed by atoms with Gasteiger partial charge in [0, 0.05) is 0 Å². The maximum atomic E-state index is 10.2. The molecule has 0 aromatic heterocycles. The Morgan fingerprint density at radius 1 is 1.50 bits per heavy atom. The van der Waals surface area contributed by atoms with Gasteiger partial charge in [0.15, 0.2) is 0 Å². The van der Waals surface area contributed by atoms with Crippen LogP contribution in [0.1, 0.15) is 1.43 Å². The molecule has 4 nitrogen and oxygen atoms in total. The molecule has 0 atom stereocenters. The summed E-state index contributed by atoms with van der Waals surface area (Å²) in [7, 11) is 0. The van der Waals surface area contributed by atoms with Crippen molar-refractivity contribution in [2.45, 2.75) is 0 Å². The van der Waals surface area contributed by atoms with Gasteiger partial charge in [0.25, 0.3) is 10.2 Å². The summed E-state index contributed by atoms with van der Waals surface area (Å²) in [5, 5.41) is 14.2. The molecule has 0 saturated carbocycles. The maximum absolute atomic E-state index is 10.2. The topological polar surface area (TPSA) is 74.6 Å². The van der Waals surface area contributed by atoms with E-state index in [9.17, 15) is 9.59 Å². The van der Waals surface area contributed by atoms with Crippen molar-refractivity contribution in [1.82, 2.24) is 0 Å². The summed E-state index contributed by atoms with van der Waals surface area (Å²) in [6.07, 6.45) is -1.84. The van der Waals surface area contributed by atoms with Gasteiger partial charge in [-0.25, -0.2) is 0 Å². The van der Waals surface area contributed by atoms with Gasteiger partial charge in [-0.3, -0.25) is 9.59 Å². The first-order chi connectivity index (χ1) is 4.04. The van der Waals surface area contributed by atoms with E-state index in [1.165, 1.54) is 0 Å². The summed E-state index contributed by atoms with van der Waals surface area (Å²) < 4.78 is 0. The third-order valence-electron chi connectivity index (χ3n) is 0.387. The molecule has 0 aliphatic carbocycles. The molecule has 0 aliphatic rings. The first-order valence-electron chi connectivity index (χ1n) is 1.84. The number of thiol groups is 1. The van der Waals surface area contributed by atoms with E-state index in [0.29, 0.717) is 0 Å². The van der Waals surface area contributed by atoms with E-state index in [4.69, 9.17) is 10.0 Å². The van der Waals surface area contributed by atoms with Crippen molar-refractivity contribution in [3.05, 3.63) is 0 Å². The van der Waals surface area contributed by atoms with Crippen LogP contribution in [0.3, 0.4) is 0 Å². The summed E-state index contributed by atoms with van der Waals surface area (Å²) in [6, 6.07) is 0. The van der Waals surface area contributed by atoms with Crippen LogP contribution >= 0.6 is 24.2 Å². The van der Waals surface area contributed by atoms with Crippen molar-refractivity contribution in [2.24, 2.45) is 0 Å². The summed E-state index contributed by atoms with van der Waals surface area (Å²) in [4.78, 5) is 20.1. The fourth-order valence-electron chi connectivity index (χ4n) is 0.146. The Labute approximate surface area is 80.9 Å². The molecule has 0 amide bonds. The van der Waals surface area contributed by atoms with E-state index >= 15 is 0 Å². The van der Waals surface area contributed by atoms with Gasteiger partial charge in [0.05, 0.1) is 0 Å². The van der Waals surface area contributed by atoms with E-state index < -0.39 is 16.6 Å². The average Bonchev–Trinajstić information content (AvgIpc) is 1.63. The predicted octanol–water partition coefficient (Wildman–Crippen LogP) is -4.21. The van der Waals surface area contributed by atoms with Gasteiger partial charge in [-0.05, 0) is 0 Å². The molecule has 0 saturated heterocycles. The Morgan fingerprint density at radius 3 is 2.00 bits per heavy atom. The molecule has 0 bridgehead atoms. The fraction of sp³-hybridized carbons (Fsp3) is 0. The van der Waals surface area contributed by atoms with E-state index in [2.05, 4.69) is 12.6 Å². The molecule has 8 heteroatoms. The Hall–Kier alpha value is 0.622. The zero-order valence-electron chi connectivity index (χ0n) is 6.14. The summed E-state index contributed by atoms with van der Waals surface area (Å²) >= 11 is 3.24. The number of hydrogen-bond acceptors (Lipinski definition) is 5. The molecule has 52 valence electrons. The van der Waals surface area contributed by atoms with Crippen LogP contribution in [0.5, 0.6) is 0 Å². The van der Waals surface area contributed by atoms with Crippen LogP contribution < -0.4 is 18.9 Å². The molecule has 0 aromatic rings. The molecule has 0 aliphatic heterocycles. The minimum absolute atomic E-state index is 0. The molecule has 0 heterocycles. The number of hydrogen-bond donors (Lipinski definition) is 3. The predicted molar refractivity (Wildman–Crippen MR) is 37.9 cm³/mol. The summed E-state index contributed by atoms with van der Waals surface area (Å²) in [5.74, 6) is 0. The monoisotopic (exact) mass is 174 g/mol. The van der Waals surface area contributed by atoms with E-state index in [0.717, 1.165) is 0 Å². The molecular formula is C2H4BLiO4S2. The van der Waals surface area contributed by atoms with Gasteiger partial charge in [-0.15, -0.1) is 0 Å². The van der Waals surface area contributed by atoms with Crippen LogP contribution in [0.25, 0.3) is 0 Å². The Kier molecular flexibility index (Phi) is 8.39. The quantitative estimate of drug-likeness (QED) is 0.225. The number of carbonyl (C=O) groups excluding carboxylic acids is 2. The SMILES string of the molecule is O=C(S)C(=O)SB(O)O.[H-].[Li+]. The van der Waals surface area contributed by atoms with Crippen molar-refractivity contribution in [3.8, 4) is 0 Å². The second-order valence-corrected chi connectivity index (χ2v) is 2.47. The molecule has 0 fully saturated rings. The Morgan fingerprint density at radius 2 is 1.90 bits per heavy atom. The first-order valence-corrected chi connectivity index (χ1v) is 3.16. The zero-order valence-corrected chi connectivity index (χ0v) is 6.85. The minimum Gasteiger partial charge on any atom is -1.00 e. The maximum Gasteiger partial charge on any atom is 1.00 e. The van der Waals surface area contributed by atoms with Crippen molar-refractivity contribution in [3.63, 3.8) is 0 Å². The fourth-order valence-corrected chi connectivity index (χ4v) is 0.597. The molecule has 0 unspecified atom stereocenters. The molecule has 2 N–H and O–H groups in total. The van der Waals surface area contributed by atoms with Gasteiger partial charge < -0.3 is 11.5 Å². The van der Waals surface area contributed by atoms with E-state index in [-0.39, 0.29) is 31.9 Å². The van der Waals surface area contributed by atoms with Gasteiger partial charge in [-0.2, -0.15) is 0 Å². The van der Waals surface area contributed by atoms with Crippen LogP contribution in [0.15, 0.2) is 0 Å². The Bertz CT molecular complexity index is 144. The second-order valence-electron chi connectivity index (χ2n) is 1.04. The van der Waals surface area contributed by atoms with Gasteiger partial charge in [0.1, 0.15) is 0 Å². The Balaban J connectivity index is -0.000000320. The minimum atomic E-state index is -1.84. The molecule has 0 rings (SSSR count). The average molecular weight is 174 g/mol. The van der Waals surface area contributed by atoms with Crippen molar-refractivity contribution >= 4 is 40.9 Å². The zero-order chi connectivity index (χ0) is 7.44. The molecule has 0 spiro atoms. The van der Waals surface area contributed by atoms with E-state index in [1.807, 2.05) is 0 Å². The largest absolute Gasteiger partial charge is 1.00 e. The van der Waals surface area contributed by atoms with E-state index in [1.54, 1.807) is 0 Å². The van der Waals surface area contributed by atoms with Crippen molar-refractivity contribution < 1.29 is 39.9 Å². The second kappa shape index (κ2) is 6.34. The molecular weight excluding hydrogens is 170 g/mol. The number of rotatable bonds is 2. The van der Waals surface area contributed by atoms with Crippen LogP contribution in [0.4, 0.5) is 0 Å². The summed E-state index contributed by atoms with van der Waals surface area (Å²) in [5.41, 5.74) is 0.